The van der Waals surface area contributed by atoms with E-state index in [1.54, 1.807) is 11.8 Å². The molecular weight excluding hydrogens is 252 g/mol. The second-order valence-electron chi connectivity index (χ2n) is 4.60. The Hall–Kier alpha value is -0.750. The van der Waals surface area contributed by atoms with E-state index in [1.807, 2.05) is 13.8 Å². The van der Waals surface area contributed by atoms with Crippen LogP contribution < -0.4 is 5.73 Å². The molecular formula is C12H22N2O3S. The van der Waals surface area contributed by atoms with Gasteiger partial charge in [0.25, 0.3) is 0 Å². The molecule has 3 unspecified atom stereocenters. The van der Waals surface area contributed by atoms with E-state index in [1.165, 1.54) is 4.90 Å². The fraction of sp³-hybridized carbons (Fsp3) is 0.833. The molecule has 3 atom stereocenters. The molecule has 0 aromatic carbocycles. The van der Waals surface area contributed by atoms with Crippen LogP contribution in [-0.4, -0.2) is 45.1 Å². The summed E-state index contributed by atoms with van der Waals surface area (Å²) in [5.74, 6) is -0.563. The standard InChI is InChI=1S/C12H22N2O3S/c1-3-5-11-14(9(7-18-11)12(16)17)10(15)6-8(13)4-2/h8-9,11H,3-7,13H2,1-2H3,(H,16,17). The molecule has 0 radical (unpaired) electrons. The van der Waals surface area contributed by atoms with Crippen LogP contribution in [0, 0.1) is 0 Å². The maximum absolute atomic E-state index is 12.2. The van der Waals surface area contributed by atoms with Gasteiger partial charge in [0.2, 0.25) is 5.91 Å². The first kappa shape index (κ1) is 15.3. The van der Waals surface area contributed by atoms with E-state index in [9.17, 15) is 14.7 Å². The Labute approximate surface area is 112 Å². The van der Waals surface area contributed by atoms with Gasteiger partial charge >= 0.3 is 5.97 Å². The number of carbonyl (C=O) groups is 2. The van der Waals surface area contributed by atoms with Gasteiger partial charge in [-0.3, -0.25) is 4.79 Å². The van der Waals surface area contributed by atoms with Crippen molar-refractivity contribution >= 4 is 23.6 Å². The van der Waals surface area contributed by atoms with Crippen LogP contribution in [0.3, 0.4) is 0 Å². The van der Waals surface area contributed by atoms with Crippen molar-refractivity contribution < 1.29 is 14.7 Å². The summed E-state index contributed by atoms with van der Waals surface area (Å²) in [6.45, 7) is 3.96. The fourth-order valence-corrected chi connectivity index (χ4v) is 3.57. The van der Waals surface area contributed by atoms with Crippen LogP contribution in [0.15, 0.2) is 0 Å². The minimum Gasteiger partial charge on any atom is -0.480 e. The van der Waals surface area contributed by atoms with E-state index in [-0.39, 0.29) is 23.7 Å². The van der Waals surface area contributed by atoms with Crippen molar-refractivity contribution in [2.24, 2.45) is 5.73 Å². The predicted molar refractivity (Wildman–Crippen MR) is 72.3 cm³/mol. The molecule has 104 valence electrons. The van der Waals surface area contributed by atoms with E-state index < -0.39 is 12.0 Å². The molecule has 1 amide bonds. The van der Waals surface area contributed by atoms with Crippen molar-refractivity contribution in [3.8, 4) is 0 Å². The molecule has 1 aliphatic rings. The average Bonchev–Trinajstić information content (AvgIpc) is 2.73. The molecule has 0 aliphatic carbocycles. The van der Waals surface area contributed by atoms with E-state index in [0.717, 1.165) is 19.3 Å². The summed E-state index contributed by atoms with van der Waals surface area (Å²) in [7, 11) is 0. The maximum atomic E-state index is 12.2. The third kappa shape index (κ3) is 3.62. The summed E-state index contributed by atoms with van der Waals surface area (Å²) in [5, 5.41) is 9.16. The van der Waals surface area contributed by atoms with Crippen LogP contribution in [0.5, 0.6) is 0 Å². The van der Waals surface area contributed by atoms with Crippen LogP contribution in [-0.2, 0) is 9.59 Å². The largest absolute Gasteiger partial charge is 0.480 e. The van der Waals surface area contributed by atoms with E-state index in [0.29, 0.717) is 5.75 Å². The molecule has 1 rings (SSSR count). The zero-order valence-corrected chi connectivity index (χ0v) is 11.8. The smallest absolute Gasteiger partial charge is 0.327 e. The van der Waals surface area contributed by atoms with Crippen LogP contribution in [0.4, 0.5) is 0 Å². The van der Waals surface area contributed by atoms with Gasteiger partial charge in [0.15, 0.2) is 0 Å². The van der Waals surface area contributed by atoms with Crippen molar-refractivity contribution in [2.75, 3.05) is 5.75 Å². The van der Waals surface area contributed by atoms with E-state index in [2.05, 4.69) is 0 Å². The Bertz CT molecular complexity index is 312. The quantitative estimate of drug-likeness (QED) is 0.762. The molecule has 18 heavy (non-hydrogen) atoms. The maximum Gasteiger partial charge on any atom is 0.327 e. The summed E-state index contributed by atoms with van der Waals surface area (Å²) in [6.07, 6.45) is 2.74. The number of nitrogens with two attached hydrogens (primary N) is 1. The van der Waals surface area contributed by atoms with Crippen molar-refractivity contribution in [2.45, 2.75) is 57.0 Å². The number of amides is 1. The van der Waals surface area contributed by atoms with Gasteiger partial charge in [-0.15, -0.1) is 11.8 Å². The lowest BCUT2D eigenvalue weighted by atomic mass is 10.1. The third-order valence-corrected chi connectivity index (χ3v) is 4.52. The molecule has 0 spiro atoms. The van der Waals surface area contributed by atoms with Crippen LogP contribution in [0.25, 0.3) is 0 Å². The first-order valence-electron chi connectivity index (χ1n) is 6.42. The summed E-state index contributed by atoms with van der Waals surface area (Å²) >= 11 is 1.56. The first-order chi connectivity index (χ1) is 8.51. The Morgan fingerprint density at radius 2 is 2.17 bits per heavy atom. The monoisotopic (exact) mass is 274 g/mol. The Balaban J connectivity index is 2.75. The predicted octanol–water partition coefficient (Wildman–Crippen LogP) is 1.27. The first-order valence-corrected chi connectivity index (χ1v) is 7.47. The highest BCUT2D eigenvalue weighted by Gasteiger charge is 2.40. The molecule has 0 aromatic heterocycles. The van der Waals surface area contributed by atoms with E-state index >= 15 is 0 Å². The number of carbonyl (C=O) groups excluding carboxylic acids is 1. The molecule has 1 fully saturated rings. The molecule has 0 aromatic rings. The van der Waals surface area contributed by atoms with Gasteiger partial charge in [-0.1, -0.05) is 20.3 Å². The fourth-order valence-electron chi connectivity index (χ4n) is 2.03. The van der Waals surface area contributed by atoms with Crippen LogP contribution in [0.1, 0.15) is 39.5 Å². The molecule has 1 heterocycles. The highest BCUT2D eigenvalue weighted by molar-refractivity contribution is 8.00. The average molecular weight is 274 g/mol. The van der Waals surface area contributed by atoms with Gasteiger partial charge in [-0.2, -0.15) is 0 Å². The molecule has 6 heteroatoms. The lowest BCUT2D eigenvalue weighted by molar-refractivity contribution is -0.149. The van der Waals surface area contributed by atoms with E-state index in [4.69, 9.17) is 5.73 Å². The number of carboxylic acids is 1. The molecule has 0 bridgehead atoms. The lowest BCUT2D eigenvalue weighted by Gasteiger charge is -2.28. The molecule has 0 saturated carbocycles. The SMILES string of the molecule is CCCC1SCC(C(=O)O)N1C(=O)CC(N)CC. The van der Waals surface area contributed by atoms with Crippen LogP contribution >= 0.6 is 11.8 Å². The number of nitrogens with zero attached hydrogens (tertiary/aromatic N) is 1. The zero-order chi connectivity index (χ0) is 13.7. The van der Waals surface area contributed by atoms with Crippen LogP contribution in [0.2, 0.25) is 0 Å². The highest BCUT2D eigenvalue weighted by Crippen LogP contribution is 2.32. The summed E-state index contributed by atoms with van der Waals surface area (Å²) in [5.41, 5.74) is 5.78. The number of thioether (sulfide) groups is 1. The second-order valence-corrected chi connectivity index (χ2v) is 5.81. The summed E-state index contributed by atoms with van der Waals surface area (Å²) < 4.78 is 0. The Morgan fingerprint density at radius 3 is 2.67 bits per heavy atom. The molecule has 5 nitrogen and oxygen atoms in total. The number of carboxylic acid groups (broad SMARTS) is 1. The minimum atomic E-state index is -0.917. The highest BCUT2D eigenvalue weighted by atomic mass is 32.2. The number of hydrogen-bond donors (Lipinski definition) is 2. The van der Waals surface area contributed by atoms with Gasteiger partial charge in [0.05, 0.1) is 5.37 Å². The Kier molecular flexibility index (Phi) is 5.95. The number of aliphatic carboxylic acids is 1. The topological polar surface area (TPSA) is 83.6 Å². The minimum absolute atomic E-state index is 0.00680. The number of hydrogen-bond acceptors (Lipinski definition) is 4. The second kappa shape index (κ2) is 6.99. The van der Waals surface area contributed by atoms with Gasteiger partial charge < -0.3 is 15.7 Å². The van der Waals surface area contributed by atoms with Gasteiger partial charge in [-0.25, -0.2) is 4.79 Å². The summed E-state index contributed by atoms with van der Waals surface area (Å²) in [6, 6.07) is -0.872. The van der Waals surface area contributed by atoms with Crippen molar-refractivity contribution in [1.82, 2.24) is 4.90 Å². The van der Waals surface area contributed by atoms with Crippen molar-refractivity contribution in [3.05, 3.63) is 0 Å². The Morgan fingerprint density at radius 1 is 1.50 bits per heavy atom. The van der Waals surface area contributed by atoms with Gasteiger partial charge in [0.1, 0.15) is 6.04 Å². The lowest BCUT2D eigenvalue weighted by Crippen LogP contribution is -2.47. The normalized spacial score (nSPS) is 25.2. The van der Waals surface area contributed by atoms with Crippen molar-refractivity contribution in [3.63, 3.8) is 0 Å². The third-order valence-electron chi connectivity index (χ3n) is 3.16. The molecule has 1 aliphatic heterocycles. The summed E-state index contributed by atoms with van der Waals surface area (Å²) in [4.78, 5) is 24.9. The van der Waals surface area contributed by atoms with Crippen molar-refractivity contribution in [1.29, 1.82) is 0 Å². The van der Waals surface area contributed by atoms with Gasteiger partial charge in [0, 0.05) is 18.2 Å². The van der Waals surface area contributed by atoms with Gasteiger partial charge in [-0.05, 0) is 12.8 Å². The number of rotatable bonds is 6. The molecule has 1 saturated heterocycles. The molecule has 3 N–H and O–H groups in total. The zero-order valence-electron chi connectivity index (χ0n) is 11.0.